The minimum absolute atomic E-state index is 0.00179. The van der Waals surface area contributed by atoms with Gasteiger partial charge in [-0.2, -0.15) is 14.8 Å². The Hall–Kier alpha value is -3.35. The smallest absolute Gasteiger partial charge is 0.260 e. The van der Waals surface area contributed by atoms with Gasteiger partial charge < -0.3 is 4.90 Å². The van der Waals surface area contributed by atoms with Crippen LogP contribution in [0.3, 0.4) is 0 Å². The fourth-order valence-electron chi connectivity index (χ4n) is 3.90. The lowest BCUT2D eigenvalue weighted by molar-refractivity contribution is 0.0986. The summed E-state index contributed by atoms with van der Waals surface area (Å²) < 4.78 is 28.4. The lowest BCUT2D eigenvalue weighted by Gasteiger charge is -2.22. The summed E-state index contributed by atoms with van der Waals surface area (Å²) in [5, 5.41) is 18.4. The minimum Gasteiger partial charge on any atom is -0.309 e. The summed E-state index contributed by atoms with van der Waals surface area (Å²) in [6, 6.07) is 15.8. The first kappa shape index (κ1) is 29.2. The number of hydrogen-bond donors (Lipinski definition) is 0. The Labute approximate surface area is 228 Å². The molecule has 0 aliphatic rings. The molecule has 3 rings (SSSR count). The number of hydrogen-bond acceptors (Lipinski definition) is 8. The van der Waals surface area contributed by atoms with E-state index in [1.807, 2.05) is 38.4 Å². The average molecular weight is 553 g/mol. The Morgan fingerprint density at radius 2 is 1.63 bits per heavy atom. The van der Waals surface area contributed by atoms with Gasteiger partial charge in [-0.1, -0.05) is 24.3 Å². The van der Waals surface area contributed by atoms with Crippen molar-refractivity contribution in [1.29, 1.82) is 10.5 Å². The van der Waals surface area contributed by atoms with E-state index in [0.29, 0.717) is 17.2 Å². The zero-order valence-electron chi connectivity index (χ0n) is 21.9. The quantitative estimate of drug-likeness (QED) is 0.310. The van der Waals surface area contributed by atoms with Crippen LogP contribution < -0.4 is 4.90 Å². The number of nitrogens with zero attached hydrogens (tertiary/aromatic N) is 6. The van der Waals surface area contributed by atoms with E-state index in [4.69, 9.17) is 15.5 Å². The predicted octanol–water partition coefficient (Wildman–Crippen LogP) is 4.28. The number of aryl methyl sites for hydroxylation is 1. The molecule has 0 spiro atoms. The third kappa shape index (κ3) is 7.15. The van der Waals surface area contributed by atoms with Crippen LogP contribution in [0.15, 0.2) is 47.4 Å². The number of nitriles is 2. The van der Waals surface area contributed by atoms with Crippen molar-refractivity contribution >= 4 is 42.6 Å². The highest BCUT2D eigenvalue weighted by Crippen LogP contribution is 2.31. The van der Waals surface area contributed by atoms with Crippen LogP contribution in [0.25, 0.3) is 10.2 Å². The molecular formula is C27H32N6O3S2. The molecule has 0 radical (unpaired) electrons. The number of carbonyl (C=O) groups excluding carboxylic acids is 1. The molecule has 0 bridgehead atoms. The minimum atomic E-state index is -3.92. The summed E-state index contributed by atoms with van der Waals surface area (Å²) in [7, 11) is 0.0383. The van der Waals surface area contributed by atoms with E-state index in [9.17, 15) is 13.2 Å². The number of thiazole rings is 1. The fraction of sp³-hybridized carbons (Fsp3) is 0.407. The first-order valence-electron chi connectivity index (χ1n) is 12.4. The van der Waals surface area contributed by atoms with E-state index in [-0.39, 0.29) is 36.7 Å². The van der Waals surface area contributed by atoms with Crippen molar-refractivity contribution < 1.29 is 13.2 Å². The molecule has 38 heavy (non-hydrogen) atoms. The first-order valence-corrected chi connectivity index (χ1v) is 14.7. The molecule has 0 aliphatic heterocycles. The second-order valence-corrected chi connectivity index (χ2v) is 12.0. The Bertz CT molecular complexity index is 1420. The highest BCUT2D eigenvalue weighted by atomic mass is 32.2. The first-order chi connectivity index (χ1) is 18.2. The van der Waals surface area contributed by atoms with Crippen molar-refractivity contribution in [2.24, 2.45) is 0 Å². The highest BCUT2D eigenvalue weighted by molar-refractivity contribution is 7.89. The summed E-state index contributed by atoms with van der Waals surface area (Å²) in [5.74, 6) is -0.256. The summed E-state index contributed by atoms with van der Waals surface area (Å²) in [5.41, 5.74) is 2.39. The number of fused-ring (bicyclic) bond motifs is 1. The maximum absolute atomic E-state index is 13.6. The maximum Gasteiger partial charge on any atom is 0.260 e. The van der Waals surface area contributed by atoms with Crippen molar-refractivity contribution in [2.75, 3.05) is 45.2 Å². The fourth-order valence-corrected chi connectivity index (χ4v) is 6.39. The van der Waals surface area contributed by atoms with Crippen LogP contribution in [0.1, 0.15) is 42.1 Å². The van der Waals surface area contributed by atoms with Crippen molar-refractivity contribution in [3.05, 3.63) is 53.6 Å². The van der Waals surface area contributed by atoms with Gasteiger partial charge >= 0.3 is 0 Å². The van der Waals surface area contributed by atoms with Crippen LogP contribution >= 0.6 is 11.3 Å². The van der Waals surface area contributed by atoms with Gasteiger partial charge in [-0.25, -0.2) is 13.4 Å². The number of rotatable bonds is 13. The summed E-state index contributed by atoms with van der Waals surface area (Å²) in [6.45, 7) is 3.35. The van der Waals surface area contributed by atoms with Crippen LogP contribution in [0, 0.1) is 22.7 Å². The van der Waals surface area contributed by atoms with Gasteiger partial charge in [-0.15, -0.1) is 0 Å². The monoisotopic (exact) mass is 552 g/mol. The average Bonchev–Trinajstić information content (AvgIpc) is 3.33. The van der Waals surface area contributed by atoms with E-state index in [2.05, 4.69) is 17.9 Å². The number of carbonyl (C=O) groups is 1. The van der Waals surface area contributed by atoms with Crippen LogP contribution in [0.4, 0.5) is 5.13 Å². The molecule has 0 aliphatic carbocycles. The molecule has 9 nitrogen and oxygen atoms in total. The number of anilines is 1. The summed E-state index contributed by atoms with van der Waals surface area (Å²) in [6.07, 6.45) is 1.69. The van der Waals surface area contributed by atoms with Crippen LogP contribution in [-0.2, 0) is 16.4 Å². The van der Waals surface area contributed by atoms with Crippen LogP contribution in [-0.4, -0.2) is 68.8 Å². The second kappa shape index (κ2) is 13.4. The molecule has 0 saturated carbocycles. The van der Waals surface area contributed by atoms with E-state index >= 15 is 0 Å². The van der Waals surface area contributed by atoms with Crippen molar-refractivity contribution in [3.8, 4) is 12.1 Å². The molecule has 2 aromatic carbocycles. The Kier molecular flexibility index (Phi) is 10.3. The van der Waals surface area contributed by atoms with Gasteiger partial charge in [0.05, 0.1) is 27.3 Å². The molecule has 3 aromatic rings. The molecular weight excluding hydrogens is 520 g/mol. The van der Waals surface area contributed by atoms with Crippen LogP contribution in [0.5, 0.6) is 0 Å². The van der Waals surface area contributed by atoms with Gasteiger partial charge in [0.25, 0.3) is 5.91 Å². The summed E-state index contributed by atoms with van der Waals surface area (Å²) >= 11 is 1.47. The topological polar surface area (TPSA) is 121 Å². The predicted molar refractivity (Wildman–Crippen MR) is 150 cm³/mol. The van der Waals surface area contributed by atoms with E-state index in [1.165, 1.54) is 41.2 Å². The second-order valence-electron chi connectivity index (χ2n) is 9.01. The van der Waals surface area contributed by atoms with Gasteiger partial charge in [-0.05, 0) is 75.4 Å². The van der Waals surface area contributed by atoms with Crippen molar-refractivity contribution in [3.63, 3.8) is 0 Å². The Morgan fingerprint density at radius 3 is 2.21 bits per heavy atom. The Morgan fingerprint density at radius 1 is 0.974 bits per heavy atom. The van der Waals surface area contributed by atoms with E-state index in [0.717, 1.165) is 33.9 Å². The van der Waals surface area contributed by atoms with Gasteiger partial charge in [0.15, 0.2) is 5.13 Å². The molecule has 1 aromatic heterocycles. The Balaban J connectivity index is 1.90. The van der Waals surface area contributed by atoms with Crippen LogP contribution in [0.2, 0.25) is 0 Å². The molecule has 0 unspecified atom stereocenters. The highest BCUT2D eigenvalue weighted by Gasteiger charge is 2.26. The van der Waals surface area contributed by atoms with E-state index in [1.54, 1.807) is 4.90 Å². The third-order valence-electron chi connectivity index (χ3n) is 6.00. The van der Waals surface area contributed by atoms with Crippen molar-refractivity contribution in [2.45, 2.75) is 37.5 Å². The molecule has 0 fully saturated rings. The lowest BCUT2D eigenvalue weighted by atomic mass is 10.2. The number of benzene rings is 2. The number of sulfonamides is 1. The SMILES string of the molecule is CCc1ccc2nc(N(CCCN(C)C)C(=O)c3ccc(S(=O)(=O)N(CCC#N)CCC#N)cc3)sc2c1. The molecule has 0 atom stereocenters. The third-order valence-corrected chi connectivity index (χ3v) is 8.95. The molecule has 1 amide bonds. The van der Waals surface area contributed by atoms with Crippen molar-refractivity contribution in [1.82, 2.24) is 14.2 Å². The number of amides is 1. The maximum atomic E-state index is 13.6. The molecule has 200 valence electrons. The summed E-state index contributed by atoms with van der Waals surface area (Å²) in [4.78, 5) is 22.1. The van der Waals surface area contributed by atoms with Gasteiger partial charge in [-0.3, -0.25) is 9.69 Å². The molecule has 1 heterocycles. The standard InChI is InChI=1S/C27H32N6O3S2/c1-4-21-8-13-24-25(20-21)37-27(30-24)33(19-7-16-31(2)3)26(34)22-9-11-23(12-10-22)38(35,36)32(17-5-14-28)18-6-15-29/h8-13,20H,4-7,16-19H2,1-3H3. The molecule has 11 heteroatoms. The van der Waals surface area contributed by atoms with E-state index < -0.39 is 10.0 Å². The lowest BCUT2D eigenvalue weighted by Crippen LogP contribution is -2.34. The zero-order valence-corrected chi connectivity index (χ0v) is 23.6. The molecule has 0 saturated heterocycles. The van der Waals surface area contributed by atoms with Gasteiger partial charge in [0.2, 0.25) is 10.0 Å². The van der Waals surface area contributed by atoms with Gasteiger partial charge in [0, 0.05) is 38.0 Å². The molecule has 0 N–H and O–H groups in total. The largest absolute Gasteiger partial charge is 0.309 e. The van der Waals surface area contributed by atoms with Gasteiger partial charge in [0.1, 0.15) is 0 Å². The number of aromatic nitrogens is 1. The zero-order chi connectivity index (χ0) is 27.7. The normalized spacial score (nSPS) is 11.6.